The molecule has 0 aromatic carbocycles. The van der Waals surface area contributed by atoms with Crippen molar-refractivity contribution in [2.45, 2.75) is 58.0 Å². The van der Waals surface area contributed by atoms with E-state index in [1.54, 1.807) is 30.3 Å². The molecule has 1 N–H and O–H groups in total. The van der Waals surface area contributed by atoms with Crippen LogP contribution in [0.3, 0.4) is 0 Å². The molecular formula is C20H25N9O. The van der Waals surface area contributed by atoms with Crippen molar-refractivity contribution in [2.75, 3.05) is 11.9 Å². The van der Waals surface area contributed by atoms with Crippen molar-refractivity contribution in [3.05, 3.63) is 35.8 Å². The number of fused-ring (bicyclic) bond motifs is 3. The predicted molar refractivity (Wildman–Crippen MR) is 110 cm³/mol. The van der Waals surface area contributed by atoms with Gasteiger partial charge in [0.25, 0.3) is 11.9 Å². The van der Waals surface area contributed by atoms with Crippen LogP contribution in [-0.2, 0) is 0 Å². The Kier molecular flexibility index (Phi) is 4.48. The van der Waals surface area contributed by atoms with Gasteiger partial charge in [-0.3, -0.25) is 9.36 Å². The quantitative estimate of drug-likeness (QED) is 0.706. The third-order valence-electron chi connectivity index (χ3n) is 6.08. The predicted octanol–water partition coefficient (Wildman–Crippen LogP) is 2.12. The van der Waals surface area contributed by atoms with Crippen molar-refractivity contribution in [3.63, 3.8) is 0 Å². The molecule has 10 nitrogen and oxygen atoms in total. The fourth-order valence-electron chi connectivity index (χ4n) is 4.69. The van der Waals surface area contributed by atoms with E-state index in [-0.39, 0.29) is 11.9 Å². The summed E-state index contributed by atoms with van der Waals surface area (Å²) in [4.78, 5) is 24.0. The average Bonchev–Trinajstić information content (AvgIpc) is 3.52. The number of aromatic nitrogens is 7. The van der Waals surface area contributed by atoms with Gasteiger partial charge in [0.2, 0.25) is 0 Å². The molecule has 1 aliphatic heterocycles. The van der Waals surface area contributed by atoms with Gasteiger partial charge in [0.15, 0.2) is 17.3 Å². The van der Waals surface area contributed by atoms with Gasteiger partial charge in [0.1, 0.15) is 12.0 Å². The lowest BCUT2D eigenvalue weighted by atomic mass is 10.0. The lowest BCUT2D eigenvalue weighted by molar-refractivity contribution is 0.0957. The SMILES string of the molecule is CC[C@@H]1c2nncn2-c2c(C)nc(-n3ccc(C(=O)NC)n3)nc2N1C1CCCC1. The third kappa shape index (κ3) is 2.78. The Labute approximate surface area is 174 Å². The highest BCUT2D eigenvalue weighted by atomic mass is 16.1. The molecule has 0 spiro atoms. The van der Waals surface area contributed by atoms with Crippen molar-refractivity contribution in [3.8, 4) is 11.6 Å². The summed E-state index contributed by atoms with van der Waals surface area (Å²) in [6.07, 6.45) is 9.12. The second-order valence-electron chi connectivity index (χ2n) is 7.83. The van der Waals surface area contributed by atoms with Crippen LogP contribution in [-0.4, -0.2) is 53.5 Å². The number of anilines is 1. The van der Waals surface area contributed by atoms with Gasteiger partial charge < -0.3 is 10.2 Å². The minimum Gasteiger partial charge on any atom is -0.354 e. The van der Waals surface area contributed by atoms with E-state index in [2.05, 4.69) is 32.4 Å². The van der Waals surface area contributed by atoms with Crippen LogP contribution in [0.1, 0.15) is 67.1 Å². The topological polar surface area (TPSA) is 107 Å². The van der Waals surface area contributed by atoms with Gasteiger partial charge in [0, 0.05) is 19.3 Å². The summed E-state index contributed by atoms with van der Waals surface area (Å²) in [5.41, 5.74) is 2.08. The van der Waals surface area contributed by atoms with Gasteiger partial charge >= 0.3 is 0 Å². The number of carbonyl (C=O) groups is 1. The molecule has 0 saturated heterocycles. The molecule has 0 bridgehead atoms. The highest BCUT2D eigenvalue weighted by Gasteiger charge is 2.39. The molecule has 3 aromatic heterocycles. The first kappa shape index (κ1) is 18.7. The Hall–Kier alpha value is -3.30. The van der Waals surface area contributed by atoms with Crippen LogP contribution in [0.15, 0.2) is 18.6 Å². The molecule has 30 heavy (non-hydrogen) atoms. The van der Waals surface area contributed by atoms with Gasteiger partial charge in [-0.2, -0.15) is 10.1 Å². The summed E-state index contributed by atoms with van der Waals surface area (Å²) in [5, 5.41) is 15.6. The maximum absolute atomic E-state index is 11.9. The molecule has 156 valence electrons. The maximum Gasteiger partial charge on any atom is 0.271 e. The zero-order valence-corrected chi connectivity index (χ0v) is 17.4. The van der Waals surface area contributed by atoms with Crippen LogP contribution in [0.4, 0.5) is 5.82 Å². The Balaban J connectivity index is 1.68. The molecule has 4 heterocycles. The lowest BCUT2D eigenvalue weighted by Gasteiger charge is -2.41. The fourth-order valence-corrected chi connectivity index (χ4v) is 4.69. The number of rotatable bonds is 4. The van der Waals surface area contributed by atoms with E-state index in [1.807, 2.05) is 11.5 Å². The van der Waals surface area contributed by atoms with Gasteiger partial charge in [-0.05, 0) is 32.3 Å². The molecule has 1 fully saturated rings. The number of amides is 1. The second kappa shape index (κ2) is 7.19. The van der Waals surface area contributed by atoms with Crippen molar-refractivity contribution in [1.29, 1.82) is 0 Å². The minimum absolute atomic E-state index is 0.115. The summed E-state index contributed by atoms with van der Waals surface area (Å²) in [5.74, 6) is 2.05. The van der Waals surface area contributed by atoms with Crippen molar-refractivity contribution in [1.82, 2.24) is 39.8 Å². The normalized spacial score (nSPS) is 18.4. The Bertz CT molecular complexity index is 1100. The van der Waals surface area contributed by atoms with Gasteiger partial charge in [0.05, 0.1) is 11.7 Å². The lowest BCUT2D eigenvalue weighted by Crippen LogP contribution is -2.42. The molecule has 1 atom stereocenters. The first-order valence-electron chi connectivity index (χ1n) is 10.5. The van der Waals surface area contributed by atoms with Crippen molar-refractivity contribution < 1.29 is 4.79 Å². The van der Waals surface area contributed by atoms with Crippen LogP contribution in [0.2, 0.25) is 0 Å². The number of hydrogen-bond donors (Lipinski definition) is 1. The molecule has 0 radical (unpaired) electrons. The van der Waals surface area contributed by atoms with E-state index in [9.17, 15) is 4.79 Å². The van der Waals surface area contributed by atoms with Crippen LogP contribution >= 0.6 is 0 Å². The smallest absolute Gasteiger partial charge is 0.271 e. The zero-order chi connectivity index (χ0) is 20.8. The molecule has 3 aromatic rings. The highest BCUT2D eigenvalue weighted by molar-refractivity contribution is 5.91. The van der Waals surface area contributed by atoms with E-state index in [0.29, 0.717) is 17.7 Å². The Morgan fingerprint density at radius 1 is 1.27 bits per heavy atom. The Morgan fingerprint density at radius 2 is 2.07 bits per heavy atom. The van der Waals surface area contributed by atoms with Crippen LogP contribution in [0.25, 0.3) is 11.6 Å². The number of aryl methyl sites for hydroxylation is 1. The van der Waals surface area contributed by atoms with E-state index in [0.717, 1.165) is 42.3 Å². The molecule has 1 amide bonds. The van der Waals surface area contributed by atoms with E-state index < -0.39 is 0 Å². The molecule has 1 saturated carbocycles. The van der Waals surface area contributed by atoms with Crippen LogP contribution in [0.5, 0.6) is 0 Å². The summed E-state index contributed by atoms with van der Waals surface area (Å²) in [7, 11) is 1.59. The molecule has 0 unspecified atom stereocenters. The standard InChI is InChI=1S/C20H25N9O/c1-4-15-17-25-22-11-27(17)16-12(2)23-20(28-10-9-14(26-28)19(30)21-3)24-18(16)29(15)13-7-5-6-8-13/h9-11,13,15H,4-8H2,1-3H3,(H,21,30)/t15-/m1/s1. The van der Waals surface area contributed by atoms with Gasteiger partial charge in [-0.1, -0.05) is 19.8 Å². The minimum atomic E-state index is -0.240. The first-order chi connectivity index (χ1) is 14.6. The molecule has 1 aliphatic carbocycles. The Morgan fingerprint density at radius 3 is 2.80 bits per heavy atom. The maximum atomic E-state index is 11.9. The van der Waals surface area contributed by atoms with E-state index in [4.69, 9.17) is 9.97 Å². The number of nitrogens with one attached hydrogen (secondary N) is 1. The summed E-state index contributed by atoms with van der Waals surface area (Å²) in [6.45, 7) is 4.14. The highest BCUT2D eigenvalue weighted by Crippen LogP contribution is 2.43. The molecular weight excluding hydrogens is 382 g/mol. The summed E-state index contributed by atoms with van der Waals surface area (Å²) >= 11 is 0. The molecule has 5 rings (SSSR count). The third-order valence-corrected chi connectivity index (χ3v) is 6.08. The first-order valence-corrected chi connectivity index (χ1v) is 10.5. The monoisotopic (exact) mass is 407 g/mol. The number of hydrogen-bond acceptors (Lipinski definition) is 7. The number of nitrogens with zero attached hydrogens (tertiary/aromatic N) is 8. The largest absolute Gasteiger partial charge is 0.354 e. The van der Waals surface area contributed by atoms with E-state index in [1.165, 1.54) is 12.8 Å². The van der Waals surface area contributed by atoms with Crippen molar-refractivity contribution >= 4 is 11.7 Å². The van der Waals surface area contributed by atoms with Crippen LogP contribution in [0, 0.1) is 6.92 Å². The zero-order valence-electron chi connectivity index (χ0n) is 17.4. The number of carbonyl (C=O) groups excluding carboxylic acids is 1. The van der Waals surface area contributed by atoms with Gasteiger partial charge in [-0.25, -0.2) is 9.67 Å². The van der Waals surface area contributed by atoms with Gasteiger partial charge in [-0.15, -0.1) is 10.2 Å². The molecule has 2 aliphatic rings. The summed E-state index contributed by atoms with van der Waals surface area (Å²) in [6, 6.07) is 2.20. The average molecular weight is 407 g/mol. The van der Waals surface area contributed by atoms with E-state index >= 15 is 0 Å². The van der Waals surface area contributed by atoms with Crippen molar-refractivity contribution in [2.24, 2.45) is 0 Å². The van der Waals surface area contributed by atoms with Crippen LogP contribution < -0.4 is 10.2 Å². The second-order valence-corrected chi connectivity index (χ2v) is 7.83. The molecule has 10 heteroatoms. The fraction of sp³-hybridized carbons (Fsp3) is 0.500. The summed E-state index contributed by atoms with van der Waals surface area (Å²) < 4.78 is 3.58.